The molecule has 0 unspecified atom stereocenters. The van der Waals surface area contributed by atoms with Crippen molar-refractivity contribution in [1.29, 1.82) is 0 Å². The predicted octanol–water partition coefficient (Wildman–Crippen LogP) is 2.96. The molecule has 4 atom stereocenters. The van der Waals surface area contributed by atoms with Crippen molar-refractivity contribution in [2.75, 3.05) is 11.9 Å². The molecule has 1 aliphatic heterocycles. The Hall–Kier alpha value is -2.62. The summed E-state index contributed by atoms with van der Waals surface area (Å²) in [7, 11) is 0. The number of aliphatic hydroxyl groups excluding tert-OH is 1. The number of hydrogen-bond donors (Lipinski definition) is 2. The summed E-state index contributed by atoms with van der Waals surface area (Å²) in [5.41, 5.74) is 3.36. The summed E-state index contributed by atoms with van der Waals surface area (Å²) in [6.45, 7) is 5.33. The van der Waals surface area contributed by atoms with Crippen LogP contribution in [0.4, 0.5) is 5.82 Å². The van der Waals surface area contributed by atoms with E-state index in [4.69, 9.17) is 4.74 Å². The second-order valence-corrected chi connectivity index (χ2v) is 9.31. The maximum absolute atomic E-state index is 13.3. The van der Waals surface area contributed by atoms with Crippen LogP contribution in [0.1, 0.15) is 58.1 Å². The fraction of sp³-hybridized carbons (Fsp3) is 0.455. The Morgan fingerprint density at radius 1 is 1.35 bits per heavy atom. The minimum absolute atomic E-state index is 0.0875. The van der Waals surface area contributed by atoms with Gasteiger partial charge in [-0.1, -0.05) is 6.92 Å². The van der Waals surface area contributed by atoms with Crippen molar-refractivity contribution < 1.29 is 14.6 Å². The first-order valence-corrected chi connectivity index (χ1v) is 11.4. The molecule has 3 aromatic rings. The third-order valence-corrected chi connectivity index (χ3v) is 7.02. The van der Waals surface area contributed by atoms with Crippen molar-refractivity contribution in [1.82, 2.24) is 19.7 Å². The van der Waals surface area contributed by atoms with Gasteiger partial charge in [-0.05, 0) is 48.8 Å². The quantitative estimate of drug-likeness (QED) is 0.589. The number of ketones is 1. The van der Waals surface area contributed by atoms with Crippen molar-refractivity contribution in [3.8, 4) is 0 Å². The van der Waals surface area contributed by atoms with Gasteiger partial charge >= 0.3 is 0 Å². The van der Waals surface area contributed by atoms with Crippen LogP contribution in [0.5, 0.6) is 0 Å². The van der Waals surface area contributed by atoms with Crippen molar-refractivity contribution >= 4 is 22.9 Å². The van der Waals surface area contributed by atoms with Gasteiger partial charge in [0.1, 0.15) is 18.2 Å². The number of nitrogens with one attached hydrogen (secondary N) is 1. The van der Waals surface area contributed by atoms with E-state index < -0.39 is 0 Å². The third-order valence-electron chi connectivity index (χ3n) is 6.07. The van der Waals surface area contributed by atoms with E-state index in [1.807, 2.05) is 36.0 Å². The lowest BCUT2D eigenvalue weighted by Crippen LogP contribution is -2.22. The lowest BCUT2D eigenvalue weighted by Gasteiger charge is -2.23. The zero-order chi connectivity index (χ0) is 21.5. The largest absolute Gasteiger partial charge is 0.393 e. The zero-order valence-corrected chi connectivity index (χ0v) is 18.3. The molecule has 9 heteroatoms. The lowest BCUT2D eigenvalue weighted by molar-refractivity contribution is 0.0424. The number of aryl methyl sites for hydroxylation is 1. The second-order valence-electron chi connectivity index (χ2n) is 8.40. The summed E-state index contributed by atoms with van der Waals surface area (Å²) < 4.78 is 7.99. The van der Waals surface area contributed by atoms with Gasteiger partial charge in [-0.25, -0.2) is 9.97 Å². The molecule has 5 rings (SSSR count). The maximum atomic E-state index is 13.3. The normalized spacial score (nSPS) is 25.4. The molecule has 3 aromatic heterocycles. The topological polar surface area (TPSA) is 102 Å². The van der Waals surface area contributed by atoms with Crippen LogP contribution in [0.2, 0.25) is 0 Å². The number of hydrogen-bond acceptors (Lipinski definition) is 8. The number of carbonyl (C=O) groups excluding carboxylic acids is 1. The molecule has 0 amide bonds. The first-order chi connectivity index (χ1) is 15.0. The van der Waals surface area contributed by atoms with Crippen LogP contribution in [0.3, 0.4) is 0 Å². The Balaban J connectivity index is 1.38. The van der Waals surface area contributed by atoms with E-state index in [1.165, 1.54) is 17.7 Å². The Morgan fingerprint density at radius 2 is 2.23 bits per heavy atom. The summed E-state index contributed by atoms with van der Waals surface area (Å²) in [5, 5.41) is 19.9. The molecule has 162 valence electrons. The molecule has 1 aliphatic carbocycles. The van der Waals surface area contributed by atoms with Gasteiger partial charge < -0.3 is 15.2 Å². The number of nitrogens with zero attached hydrogens (tertiary/aromatic N) is 4. The van der Waals surface area contributed by atoms with Gasteiger partial charge in [0, 0.05) is 12.2 Å². The fourth-order valence-electron chi connectivity index (χ4n) is 4.45. The summed E-state index contributed by atoms with van der Waals surface area (Å²) >= 11 is 1.40. The zero-order valence-electron chi connectivity index (χ0n) is 17.5. The summed E-state index contributed by atoms with van der Waals surface area (Å²) in [6.07, 6.45) is 3.93. The number of anilines is 1. The van der Waals surface area contributed by atoms with E-state index in [0.29, 0.717) is 29.3 Å². The highest BCUT2D eigenvalue weighted by Gasteiger charge is 2.31. The van der Waals surface area contributed by atoms with Gasteiger partial charge in [-0.15, -0.1) is 11.3 Å². The number of fused-ring (bicyclic) bond motifs is 1. The van der Waals surface area contributed by atoms with Crippen LogP contribution >= 0.6 is 11.3 Å². The molecule has 0 radical (unpaired) electrons. The highest BCUT2D eigenvalue weighted by Crippen LogP contribution is 2.34. The minimum atomic E-state index is -0.328. The number of carbonyl (C=O) groups is 1. The Labute approximate surface area is 184 Å². The highest BCUT2D eigenvalue weighted by atomic mass is 32.1. The molecule has 0 saturated heterocycles. The number of aromatic nitrogens is 4. The van der Waals surface area contributed by atoms with Gasteiger partial charge in [-0.2, -0.15) is 5.10 Å². The Bertz CT molecular complexity index is 1100. The van der Waals surface area contributed by atoms with Gasteiger partial charge in [0.2, 0.25) is 5.78 Å². The van der Waals surface area contributed by atoms with Gasteiger partial charge in [0.25, 0.3) is 0 Å². The average molecular weight is 440 g/mol. The molecule has 8 nitrogen and oxygen atoms in total. The standard InChI is InChI=1S/C22H25N5O3S/c1-12-5-15(8-18(12)28)25-22-16(9-23-11-24-22)20(29)19-7-14(10-31-19)21-17-6-13(2)26-27(17)3-4-30-21/h6-7,9-12,15,18,21,28H,3-5,8H2,1-2H3,(H,23,24,25)/t12-,15-,18-,21+/m1/s1. The smallest absolute Gasteiger partial charge is 0.208 e. The molecule has 2 aliphatic rings. The van der Waals surface area contributed by atoms with Crippen molar-refractivity contribution in [3.05, 3.63) is 57.4 Å². The van der Waals surface area contributed by atoms with Gasteiger partial charge in [-0.3, -0.25) is 9.48 Å². The monoisotopic (exact) mass is 439 g/mol. The first kappa shape index (κ1) is 20.3. The van der Waals surface area contributed by atoms with E-state index in [9.17, 15) is 9.90 Å². The van der Waals surface area contributed by atoms with E-state index >= 15 is 0 Å². The van der Waals surface area contributed by atoms with E-state index in [0.717, 1.165) is 29.9 Å². The Kier molecular flexibility index (Phi) is 5.33. The fourth-order valence-corrected chi connectivity index (χ4v) is 5.33. The van der Waals surface area contributed by atoms with E-state index in [2.05, 4.69) is 20.4 Å². The number of thiophene rings is 1. The van der Waals surface area contributed by atoms with Crippen LogP contribution in [0.15, 0.2) is 30.0 Å². The lowest BCUT2D eigenvalue weighted by atomic mass is 10.1. The summed E-state index contributed by atoms with van der Waals surface area (Å²) in [4.78, 5) is 22.3. The SMILES string of the molecule is Cc1cc2n(n1)CCO[C@H]2c1csc(C(=O)c2cncnc2N[C@@H]2C[C@@H](C)[C@H](O)C2)c1. The molecule has 0 aromatic carbocycles. The Morgan fingerprint density at radius 3 is 3.03 bits per heavy atom. The van der Waals surface area contributed by atoms with Crippen LogP contribution < -0.4 is 5.32 Å². The summed E-state index contributed by atoms with van der Waals surface area (Å²) in [6, 6.07) is 4.02. The third kappa shape index (κ3) is 3.88. The second kappa shape index (κ2) is 8.14. The number of rotatable bonds is 5. The van der Waals surface area contributed by atoms with Crippen LogP contribution in [-0.2, 0) is 11.3 Å². The molecule has 1 saturated carbocycles. The number of ether oxygens (including phenoxy) is 1. The maximum Gasteiger partial charge on any atom is 0.208 e. The minimum Gasteiger partial charge on any atom is -0.393 e. The molecule has 31 heavy (non-hydrogen) atoms. The van der Waals surface area contributed by atoms with Crippen molar-refractivity contribution in [2.45, 2.75) is 51.5 Å². The van der Waals surface area contributed by atoms with E-state index in [-0.39, 0.29) is 30.0 Å². The molecule has 4 heterocycles. The highest BCUT2D eigenvalue weighted by molar-refractivity contribution is 7.12. The van der Waals surface area contributed by atoms with Gasteiger partial charge in [0.05, 0.1) is 41.1 Å². The molecule has 0 bridgehead atoms. The van der Waals surface area contributed by atoms with Crippen molar-refractivity contribution in [3.63, 3.8) is 0 Å². The number of aliphatic hydroxyl groups is 1. The van der Waals surface area contributed by atoms with Crippen LogP contribution in [-0.4, -0.2) is 49.4 Å². The van der Waals surface area contributed by atoms with Crippen LogP contribution in [0.25, 0.3) is 0 Å². The molecule has 0 spiro atoms. The molecular weight excluding hydrogens is 414 g/mol. The van der Waals surface area contributed by atoms with E-state index in [1.54, 1.807) is 6.20 Å². The van der Waals surface area contributed by atoms with Gasteiger partial charge in [0.15, 0.2) is 0 Å². The first-order valence-electron chi connectivity index (χ1n) is 10.5. The average Bonchev–Trinajstić information content (AvgIpc) is 3.46. The van der Waals surface area contributed by atoms with Crippen molar-refractivity contribution in [2.24, 2.45) is 5.92 Å². The molecular formula is C22H25N5O3S. The predicted molar refractivity (Wildman–Crippen MR) is 116 cm³/mol. The molecule has 1 fully saturated rings. The molecule has 2 N–H and O–H groups in total. The van der Waals surface area contributed by atoms with Crippen LogP contribution in [0, 0.1) is 12.8 Å². The summed E-state index contributed by atoms with van der Waals surface area (Å²) in [5.74, 6) is 0.626.